The summed E-state index contributed by atoms with van der Waals surface area (Å²) >= 11 is 1.47. The van der Waals surface area contributed by atoms with E-state index in [1.165, 1.54) is 11.8 Å². The highest BCUT2D eigenvalue weighted by Crippen LogP contribution is 2.19. The van der Waals surface area contributed by atoms with Crippen LogP contribution < -0.4 is 10.2 Å². The van der Waals surface area contributed by atoms with Gasteiger partial charge in [-0.3, -0.25) is 0 Å². The quantitative estimate of drug-likeness (QED) is 0.739. The van der Waals surface area contributed by atoms with Crippen LogP contribution in [0.15, 0.2) is 35.5 Å². The lowest BCUT2D eigenvalue weighted by Crippen LogP contribution is -2.16. The third kappa shape index (κ3) is 2.75. The zero-order valence-corrected chi connectivity index (χ0v) is 12.8. The van der Waals surface area contributed by atoms with Crippen molar-refractivity contribution in [2.75, 3.05) is 30.6 Å². The highest BCUT2D eigenvalue weighted by atomic mass is 32.2. The summed E-state index contributed by atoms with van der Waals surface area (Å²) in [5.41, 5.74) is 0.934. The van der Waals surface area contributed by atoms with Gasteiger partial charge >= 0.3 is 0 Å². The van der Waals surface area contributed by atoms with Gasteiger partial charge in [-0.05, 0) is 18.4 Å². The van der Waals surface area contributed by atoms with Gasteiger partial charge < -0.3 is 10.2 Å². The summed E-state index contributed by atoms with van der Waals surface area (Å²) in [4.78, 5) is 15.1. The number of hydrogen-bond donors (Lipinski definition) is 1. The number of fused-ring (bicyclic) bond motifs is 1. The Bertz CT molecular complexity index is 754. The van der Waals surface area contributed by atoms with Crippen LogP contribution in [0.4, 0.5) is 17.6 Å². The molecule has 2 heterocycles. The fourth-order valence-corrected chi connectivity index (χ4v) is 2.11. The van der Waals surface area contributed by atoms with E-state index in [4.69, 9.17) is 0 Å². The highest BCUT2D eigenvalue weighted by molar-refractivity contribution is 7.98. The van der Waals surface area contributed by atoms with E-state index in [9.17, 15) is 0 Å². The molecule has 0 unspecified atom stereocenters. The van der Waals surface area contributed by atoms with Gasteiger partial charge in [0.15, 0.2) is 0 Å². The second kappa shape index (κ2) is 5.57. The van der Waals surface area contributed by atoms with Gasteiger partial charge in [-0.1, -0.05) is 30.0 Å². The van der Waals surface area contributed by atoms with Crippen molar-refractivity contribution >= 4 is 35.1 Å². The van der Waals surface area contributed by atoms with Crippen molar-refractivity contribution in [2.45, 2.75) is 5.16 Å². The van der Waals surface area contributed by atoms with Crippen molar-refractivity contribution in [1.82, 2.24) is 24.6 Å². The maximum Gasteiger partial charge on any atom is 0.259 e. The molecule has 0 saturated carbocycles. The molecule has 0 saturated heterocycles. The smallest absolute Gasteiger partial charge is 0.259 e. The summed E-state index contributed by atoms with van der Waals surface area (Å²) in [5, 5.41) is 8.31. The van der Waals surface area contributed by atoms with Gasteiger partial charge in [0.2, 0.25) is 17.1 Å². The molecule has 0 aliphatic carbocycles. The Labute approximate surface area is 126 Å². The topological polar surface area (TPSA) is 71.2 Å². The molecule has 0 fully saturated rings. The van der Waals surface area contributed by atoms with E-state index in [0.29, 0.717) is 22.8 Å². The maximum atomic E-state index is 4.50. The Morgan fingerprint density at radius 3 is 2.52 bits per heavy atom. The van der Waals surface area contributed by atoms with Crippen molar-refractivity contribution in [3.63, 3.8) is 0 Å². The van der Waals surface area contributed by atoms with Crippen LogP contribution in [0, 0.1) is 0 Å². The van der Waals surface area contributed by atoms with Gasteiger partial charge in [0, 0.05) is 19.8 Å². The Hall–Kier alpha value is -2.35. The van der Waals surface area contributed by atoms with Crippen molar-refractivity contribution in [3.05, 3.63) is 30.3 Å². The molecule has 21 heavy (non-hydrogen) atoms. The highest BCUT2D eigenvalue weighted by Gasteiger charge is 2.13. The average molecular weight is 301 g/mol. The number of benzene rings is 1. The Morgan fingerprint density at radius 1 is 1.10 bits per heavy atom. The van der Waals surface area contributed by atoms with Gasteiger partial charge in [-0.2, -0.15) is 19.5 Å². The lowest BCUT2D eigenvalue weighted by Gasteiger charge is -2.12. The van der Waals surface area contributed by atoms with E-state index < -0.39 is 0 Å². The summed E-state index contributed by atoms with van der Waals surface area (Å²) in [6.07, 6.45) is 1.93. The minimum Gasteiger partial charge on any atom is -0.347 e. The fourth-order valence-electron chi connectivity index (χ4n) is 1.77. The van der Waals surface area contributed by atoms with Crippen LogP contribution in [-0.2, 0) is 0 Å². The van der Waals surface area contributed by atoms with Gasteiger partial charge in [0.05, 0.1) is 0 Å². The third-order valence-electron chi connectivity index (χ3n) is 2.79. The number of aromatic nitrogens is 5. The molecule has 108 valence electrons. The number of para-hydroxylation sites is 1. The number of rotatable bonds is 4. The van der Waals surface area contributed by atoms with E-state index in [2.05, 4.69) is 25.4 Å². The molecule has 1 aromatic carbocycles. The Balaban J connectivity index is 2.11. The number of anilines is 3. The zero-order valence-electron chi connectivity index (χ0n) is 12.0. The first-order chi connectivity index (χ1) is 10.2. The molecule has 1 N–H and O–H groups in total. The second-order valence-corrected chi connectivity index (χ2v) is 5.32. The van der Waals surface area contributed by atoms with Crippen molar-refractivity contribution in [1.29, 1.82) is 0 Å². The molecule has 0 radical (unpaired) electrons. The summed E-state index contributed by atoms with van der Waals surface area (Å²) in [6, 6.07) is 9.82. The van der Waals surface area contributed by atoms with Crippen LogP contribution >= 0.6 is 11.8 Å². The molecule has 0 aliphatic rings. The molecule has 3 rings (SSSR count). The predicted octanol–water partition coefficient (Wildman–Crippen LogP) is 2.05. The van der Waals surface area contributed by atoms with E-state index in [1.807, 2.05) is 55.6 Å². The first-order valence-electron chi connectivity index (χ1n) is 6.35. The third-order valence-corrected chi connectivity index (χ3v) is 3.33. The second-order valence-electron chi connectivity index (χ2n) is 4.54. The normalized spacial score (nSPS) is 10.8. The van der Waals surface area contributed by atoms with E-state index >= 15 is 0 Å². The van der Waals surface area contributed by atoms with E-state index in [-0.39, 0.29) is 0 Å². The Kier molecular flexibility index (Phi) is 3.61. The first kappa shape index (κ1) is 13.6. The monoisotopic (exact) mass is 301 g/mol. The largest absolute Gasteiger partial charge is 0.347 e. The summed E-state index contributed by atoms with van der Waals surface area (Å²) in [5.74, 6) is 1.69. The van der Waals surface area contributed by atoms with Gasteiger partial charge in [-0.25, -0.2) is 0 Å². The predicted molar refractivity (Wildman–Crippen MR) is 84.4 cm³/mol. The summed E-state index contributed by atoms with van der Waals surface area (Å²) in [6.45, 7) is 0. The number of nitrogens with one attached hydrogen (secondary N) is 1. The first-order valence-corrected chi connectivity index (χ1v) is 7.58. The average Bonchev–Trinajstić information content (AvgIpc) is 2.91. The number of thioether (sulfide) groups is 1. The molecule has 8 heteroatoms. The molecule has 3 aromatic rings. The van der Waals surface area contributed by atoms with Gasteiger partial charge in [0.1, 0.15) is 0 Å². The molecular formula is C13H15N7S. The van der Waals surface area contributed by atoms with Crippen LogP contribution in [-0.4, -0.2) is 44.9 Å². The minimum absolute atomic E-state index is 0.525. The molecule has 7 nitrogen and oxygen atoms in total. The molecule has 0 aliphatic heterocycles. The standard InChI is InChI=1S/C13H15N7S/c1-19(2)10-15-11(14-9-7-5-4-6-8-9)20-12(16-10)17-13(18-20)21-3/h4-8H,1-3H3,(H,14,15,16,17,18). The molecule has 0 bridgehead atoms. The number of nitrogens with zero attached hydrogens (tertiary/aromatic N) is 6. The van der Waals surface area contributed by atoms with Crippen LogP contribution in [0.1, 0.15) is 0 Å². The van der Waals surface area contributed by atoms with Gasteiger partial charge in [0.25, 0.3) is 5.78 Å². The molecule has 0 spiro atoms. The summed E-state index contributed by atoms with van der Waals surface area (Å²) in [7, 11) is 3.79. The van der Waals surface area contributed by atoms with Crippen LogP contribution in [0.25, 0.3) is 5.78 Å². The Morgan fingerprint density at radius 2 is 1.86 bits per heavy atom. The van der Waals surface area contributed by atoms with Crippen LogP contribution in [0.5, 0.6) is 0 Å². The lowest BCUT2D eigenvalue weighted by atomic mass is 10.3. The maximum absolute atomic E-state index is 4.50. The van der Waals surface area contributed by atoms with Crippen LogP contribution in [0.3, 0.4) is 0 Å². The molecular weight excluding hydrogens is 286 g/mol. The minimum atomic E-state index is 0.525. The summed E-state index contributed by atoms with van der Waals surface area (Å²) < 4.78 is 1.62. The van der Waals surface area contributed by atoms with E-state index in [1.54, 1.807) is 4.52 Å². The molecule has 0 atom stereocenters. The number of hydrogen-bond acceptors (Lipinski definition) is 7. The van der Waals surface area contributed by atoms with E-state index in [0.717, 1.165) is 5.69 Å². The van der Waals surface area contributed by atoms with Crippen molar-refractivity contribution in [3.8, 4) is 0 Å². The molecule has 0 amide bonds. The van der Waals surface area contributed by atoms with Crippen LogP contribution in [0.2, 0.25) is 0 Å². The SMILES string of the molecule is CSc1nc2nc(N(C)C)nc(Nc3ccccc3)n2n1. The van der Waals surface area contributed by atoms with Crippen molar-refractivity contribution in [2.24, 2.45) is 0 Å². The van der Waals surface area contributed by atoms with Crippen molar-refractivity contribution < 1.29 is 0 Å². The molecule has 2 aromatic heterocycles. The zero-order chi connectivity index (χ0) is 14.8. The lowest BCUT2D eigenvalue weighted by molar-refractivity contribution is 0.851. The van der Waals surface area contributed by atoms with Gasteiger partial charge in [-0.15, -0.1) is 5.10 Å². The fraction of sp³-hybridized carbons (Fsp3) is 0.231.